The fraction of sp³-hybridized carbons (Fsp3) is 0.500. The van der Waals surface area contributed by atoms with Crippen molar-refractivity contribution in [1.29, 1.82) is 0 Å². The van der Waals surface area contributed by atoms with Crippen molar-refractivity contribution < 1.29 is 14.6 Å². The summed E-state index contributed by atoms with van der Waals surface area (Å²) < 4.78 is 4.57. The number of hydrogen-bond acceptors (Lipinski definition) is 6. The first-order valence-electron chi connectivity index (χ1n) is 5.16. The first-order valence-corrected chi connectivity index (χ1v) is 5.54. The molecule has 1 fully saturated rings. The first-order chi connectivity index (χ1) is 8.10. The van der Waals surface area contributed by atoms with E-state index in [1.54, 1.807) is 0 Å². The molecule has 1 atom stereocenters. The van der Waals surface area contributed by atoms with Crippen LogP contribution in [0.2, 0.25) is 5.28 Å². The van der Waals surface area contributed by atoms with Crippen molar-refractivity contribution in [3.8, 4) is 0 Å². The van der Waals surface area contributed by atoms with Crippen LogP contribution in [0.4, 0.5) is 5.82 Å². The van der Waals surface area contributed by atoms with Gasteiger partial charge in [-0.3, -0.25) is 0 Å². The van der Waals surface area contributed by atoms with Crippen LogP contribution in [0, 0.1) is 0 Å². The van der Waals surface area contributed by atoms with Crippen LogP contribution < -0.4 is 4.90 Å². The SMILES string of the molecule is COC(=O)c1cc(N2CCC(O)C2)nc(Cl)n1. The number of aromatic nitrogens is 2. The van der Waals surface area contributed by atoms with Gasteiger partial charge in [-0.1, -0.05) is 0 Å². The lowest BCUT2D eigenvalue weighted by atomic mass is 10.3. The molecule has 0 radical (unpaired) electrons. The summed E-state index contributed by atoms with van der Waals surface area (Å²) in [5, 5.41) is 9.44. The number of carbonyl (C=O) groups is 1. The molecule has 1 aromatic rings. The van der Waals surface area contributed by atoms with Crippen LogP contribution in [0.25, 0.3) is 0 Å². The molecule has 7 heteroatoms. The molecule has 0 aliphatic carbocycles. The maximum Gasteiger partial charge on any atom is 0.356 e. The zero-order valence-electron chi connectivity index (χ0n) is 9.26. The highest BCUT2D eigenvalue weighted by Crippen LogP contribution is 2.20. The van der Waals surface area contributed by atoms with Gasteiger partial charge in [0, 0.05) is 19.2 Å². The van der Waals surface area contributed by atoms with E-state index in [9.17, 15) is 9.90 Å². The minimum absolute atomic E-state index is 0.00992. The van der Waals surface area contributed by atoms with Crippen LogP contribution in [0.15, 0.2) is 6.07 Å². The summed E-state index contributed by atoms with van der Waals surface area (Å²) in [4.78, 5) is 21.0. The number of β-amino-alcohol motifs (C(OH)–C–C–N with tert-alkyl or cyclic N) is 1. The lowest BCUT2D eigenvalue weighted by Crippen LogP contribution is -2.23. The fourth-order valence-corrected chi connectivity index (χ4v) is 1.90. The Bertz CT molecular complexity index is 441. The number of aliphatic hydroxyl groups excluding tert-OH is 1. The highest BCUT2D eigenvalue weighted by molar-refractivity contribution is 6.28. The van der Waals surface area contributed by atoms with Crippen LogP contribution in [0.5, 0.6) is 0 Å². The van der Waals surface area contributed by atoms with Gasteiger partial charge in [-0.05, 0) is 18.0 Å². The monoisotopic (exact) mass is 257 g/mol. The Labute approximate surface area is 103 Å². The molecule has 0 saturated carbocycles. The number of carbonyl (C=O) groups excluding carboxylic acids is 1. The molecule has 6 nitrogen and oxygen atoms in total. The zero-order chi connectivity index (χ0) is 12.4. The molecule has 0 aromatic carbocycles. The fourth-order valence-electron chi connectivity index (χ4n) is 1.73. The van der Waals surface area contributed by atoms with Gasteiger partial charge < -0.3 is 14.7 Å². The van der Waals surface area contributed by atoms with E-state index in [-0.39, 0.29) is 17.1 Å². The van der Waals surface area contributed by atoms with Gasteiger partial charge in [0.15, 0.2) is 5.69 Å². The van der Waals surface area contributed by atoms with Crippen molar-refractivity contribution in [3.05, 3.63) is 17.0 Å². The Balaban J connectivity index is 2.28. The van der Waals surface area contributed by atoms with Gasteiger partial charge in [-0.2, -0.15) is 0 Å². The van der Waals surface area contributed by atoms with Crippen LogP contribution in [0.1, 0.15) is 16.9 Å². The molecule has 0 bridgehead atoms. The lowest BCUT2D eigenvalue weighted by molar-refractivity contribution is 0.0594. The zero-order valence-corrected chi connectivity index (χ0v) is 10.0. The van der Waals surface area contributed by atoms with Crippen molar-refractivity contribution in [3.63, 3.8) is 0 Å². The van der Waals surface area contributed by atoms with Gasteiger partial charge in [0.05, 0.1) is 13.2 Å². The second-order valence-corrected chi connectivity index (χ2v) is 4.10. The average Bonchev–Trinajstić information content (AvgIpc) is 2.74. The third-order valence-electron chi connectivity index (χ3n) is 2.57. The third-order valence-corrected chi connectivity index (χ3v) is 2.74. The summed E-state index contributed by atoms with van der Waals surface area (Å²) in [5.41, 5.74) is 0.115. The Morgan fingerprint density at radius 2 is 2.41 bits per heavy atom. The van der Waals surface area contributed by atoms with Gasteiger partial charge in [0.1, 0.15) is 5.82 Å². The van der Waals surface area contributed by atoms with Crippen molar-refractivity contribution >= 4 is 23.4 Å². The summed E-state index contributed by atoms with van der Waals surface area (Å²) in [6.45, 7) is 1.16. The summed E-state index contributed by atoms with van der Waals surface area (Å²) in [5.74, 6) is -0.0303. The largest absolute Gasteiger partial charge is 0.464 e. The van der Waals surface area contributed by atoms with Crippen LogP contribution >= 0.6 is 11.6 Å². The molecular formula is C10H12ClN3O3. The van der Waals surface area contributed by atoms with Crippen LogP contribution in [-0.4, -0.2) is 47.3 Å². The molecule has 1 aliphatic rings. The molecule has 92 valence electrons. The van der Waals surface area contributed by atoms with Gasteiger partial charge in [-0.25, -0.2) is 14.8 Å². The number of methoxy groups -OCH3 is 1. The number of anilines is 1. The number of hydrogen-bond donors (Lipinski definition) is 1. The first kappa shape index (κ1) is 12.1. The standard InChI is InChI=1S/C10H12ClN3O3/c1-17-9(16)7-4-8(13-10(11)12-7)14-3-2-6(15)5-14/h4,6,15H,2-3,5H2,1H3. The van der Waals surface area contributed by atoms with E-state index in [1.165, 1.54) is 13.2 Å². The van der Waals surface area contributed by atoms with E-state index in [4.69, 9.17) is 11.6 Å². The summed E-state index contributed by atoms with van der Waals surface area (Å²) in [6, 6.07) is 1.51. The second-order valence-electron chi connectivity index (χ2n) is 3.76. The van der Waals surface area contributed by atoms with E-state index in [0.717, 1.165) is 0 Å². The number of ether oxygens (including phenoxy) is 1. The molecule has 0 amide bonds. The Kier molecular flexibility index (Phi) is 3.44. The molecule has 0 spiro atoms. The average molecular weight is 258 g/mol. The van der Waals surface area contributed by atoms with Gasteiger partial charge in [0.25, 0.3) is 0 Å². The quantitative estimate of drug-likeness (QED) is 0.614. The van der Waals surface area contributed by atoms with Crippen LogP contribution in [0.3, 0.4) is 0 Å². The Hall–Kier alpha value is -1.40. The summed E-state index contributed by atoms with van der Waals surface area (Å²) in [7, 11) is 1.28. The predicted molar refractivity (Wildman–Crippen MR) is 61.2 cm³/mol. The minimum Gasteiger partial charge on any atom is -0.464 e. The Morgan fingerprint density at radius 1 is 1.65 bits per heavy atom. The maximum absolute atomic E-state index is 11.4. The number of nitrogens with zero attached hydrogens (tertiary/aromatic N) is 3. The topological polar surface area (TPSA) is 75.5 Å². The number of esters is 1. The van der Waals surface area contributed by atoms with E-state index in [2.05, 4.69) is 14.7 Å². The maximum atomic E-state index is 11.4. The second kappa shape index (κ2) is 4.85. The molecule has 1 aliphatic heterocycles. The van der Waals surface area contributed by atoms with Crippen molar-refractivity contribution in [2.75, 3.05) is 25.1 Å². The molecule has 1 unspecified atom stereocenters. The molecule has 1 saturated heterocycles. The van der Waals surface area contributed by atoms with E-state index in [0.29, 0.717) is 25.3 Å². The molecule has 17 heavy (non-hydrogen) atoms. The van der Waals surface area contributed by atoms with Crippen molar-refractivity contribution in [1.82, 2.24) is 9.97 Å². The van der Waals surface area contributed by atoms with E-state index < -0.39 is 5.97 Å². The van der Waals surface area contributed by atoms with E-state index >= 15 is 0 Å². The van der Waals surface area contributed by atoms with Crippen molar-refractivity contribution in [2.45, 2.75) is 12.5 Å². The molecule has 2 rings (SSSR count). The Morgan fingerprint density at radius 3 is 3.00 bits per heavy atom. The normalized spacial score (nSPS) is 19.5. The number of rotatable bonds is 2. The van der Waals surface area contributed by atoms with Gasteiger partial charge >= 0.3 is 5.97 Å². The van der Waals surface area contributed by atoms with E-state index in [1.807, 2.05) is 4.90 Å². The predicted octanol–water partition coefficient (Wildman–Crippen LogP) is 0.488. The molecule has 1 aromatic heterocycles. The third kappa shape index (κ3) is 2.65. The summed E-state index contributed by atoms with van der Waals surface area (Å²) in [6.07, 6.45) is 0.306. The molecular weight excluding hydrogens is 246 g/mol. The number of halogens is 1. The smallest absolute Gasteiger partial charge is 0.356 e. The molecule has 2 heterocycles. The van der Waals surface area contributed by atoms with Crippen molar-refractivity contribution in [2.24, 2.45) is 0 Å². The minimum atomic E-state index is -0.560. The highest BCUT2D eigenvalue weighted by Gasteiger charge is 2.23. The lowest BCUT2D eigenvalue weighted by Gasteiger charge is -2.16. The summed E-state index contributed by atoms with van der Waals surface area (Å²) >= 11 is 5.75. The van der Waals surface area contributed by atoms with Crippen LogP contribution in [-0.2, 0) is 4.74 Å². The number of aliphatic hydroxyl groups is 1. The van der Waals surface area contributed by atoms with Gasteiger partial charge in [-0.15, -0.1) is 0 Å². The molecule has 1 N–H and O–H groups in total. The highest BCUT2D eigenvalue weighted by atomic mass is 35.5. The van der Waals surface area contributed by atoms with Gasteiger partial charge in [0.2, 0.25) is 5.28 Å².